The van der Waals surface area contributed by atoms with Gasteiger partial charge in [-0.15, -0.1) is 11.3 Å². The van der Waals surface area contributed by atoms with Gasteiger partial charge in [-0.2, -0.15) is 0 Å². The fraction of sp³-hybridized carbons (Fsp3) is 0.182. The molecule has 0 aliphatic carbocycles. The Labute approximate surface area is 171 Å². The molecule has 0 atom stereocenters. The average molecular weight is 408 g/mol. The number of halogens is 1. The Morgan fingerprint density at radius 3 is 2.71 bits per heavy atom. The summed E-state index contributed by atoms with van der Waals surface area (Å²) in [6.07, 6.45) is 1.03. The lowest BCUT2D eigenvalue weighted by molar-refractivity contribution is 0.239. The van der Waals surface area contributed by atoms with Gasteiger partial charge in [-0.1, -0.05) is 48.0 Å². The van der Waals surface area contributed by atoms with E-state index in [4.69, 9.17) is 16.6 Å². The minimum Gasteiger partial charge on any atom is -0.309 e. The van der Waals surface area contributed by atoms with Gasteiger partial charge in [-0.25, -0.2) is 4.98 Å². The molecule has 0 saturated carbocycles. The standard InChI is InChI=1S/C22H18ClN3OS/c23-17-7-5-15(6-8-17)18-13-28-22-20(18)21(27)24-19(25-22)12-26-10-9-14-3-1-2-4-16(14)11-26/h1-8,13H,9-12H2,(H,24,25,27). The predicted octanol–water partition coefficient (Wildman–Crippen LogP) is 4.86. The molecule has 2 aromatic heterocycles. The average Bonchev–Trinajstić information content (AvgIpc) is 3.13. The fourth-order valence-electron chi connectivity index (χ4n) is 3.81. The van der Waals surface area contributed by atoms with Gasteiger partial charge in [-0.3, -0.25) is 9.69 Å². The molecule has 4 nitrogen and oxygen atoms in total. The number of nitrogens with one attached hydrogen (secondary N) is 1. The van der Waals surface area contributed by atoms with Crippen molar-refractivity contribution < 1.29 is 0 Å². The van der Waals surface area contributed by atoms with Gasteiger partial charge < -0.3 is 4.98 Å². The topological polar surface area (TPSA) is 49.0 Å². The van der Waals surface area contributed by atoms with E-state index in [0.29, 0.717) is 17.0 Å². The Kier molecular flexibility index (Phi) is 4.51. The summed E-state index contributed by atoms with van der Waals surface area (Å²) in [6.45, 7) is 2.51. The Morgan fingerprint density at radius 1 is 1.11 bits per heavy atom. The van der Waals surface area contributed by atoms with Crippen molar-refractivity contribution in [3.8, 4) is 11.1 Å². The Balaban J connectivity index is 1.45. The number of hydrogen-bond donors (Lipinski definition) is 1. The van der Waals surface area contributed by atoms with E-state index < -0.39 is 0 Å². The highest BCUT2D eigenvalue weighted by atomic mass is 35.5. The second-order valence-corrected chi connectivity index (χ2v) is 8.37. The third kappa shape index (κ3) is 3.26. The van der Waals surface area contributed by atoms with E-state index in [0.717, 1.165) is 41.3 Å². The van der Waals surface area contributed by atoms with Crippen LogP contribution in [0.3, 0.4) is 0 Å². The van der Waals surface area contributed by atoms with E-state index in [9.17, 15) is 4.79 Å². The van der Waals surface area contributed by atoms with Gasteiger partial charge >= 0.3 is 0 Å². The molecule has 2 aromatic carbocycles. The summed E-state index contributed by atoms with van der Waals surface area (Å²) >= 11 is 7.49. The maximum Gasteiger partial charge on any atom is 0.260 e. The van der Waals surface area contributed by atoms with Crippen LogP contribution in [-0.2, 0) is 19.5 Å². The molecule has 0 spiro atoms. The molecule has 4 aromatic rings. The van der Waals surface area contributed by atoms with Crippen molar-refractivity contribution >= 4 is 33.2 Å². The number of aromatic amines is 1. The van der Waals surface area contributed by atoms with Crippen LogP contribution in [0.5, 0.6) is 0 Å². The zero-order valence-electron chi connectivity index (χ0n) is 15.1. The molecule has 5 rings (SSSR count). The number of nitrogens with zero attached hydrogens (tertiary/aromatic N) is 2. The van der Waals surface area contributed by atoms with Crippen LogP contribution < -0.4 is 5.56 Å². The molecule has 3 heterocycles. The summed E-state index contributed by atoms with van der Waals surface area (Å²) in [6, 6.07) is 16.1. The van der Waals surface area contributed by atoms with Gasteiger partial charge in [0.15, 0.2) is 0 Å². The van der Waals surface area contributed by atoms with Crippen LogP contribution in [0.25, 0.3) is 21.3 Å². The van der Waals surface area contributed by atoms with Crippen molar-refractivity contribution in [2.75, 3.05) is 6.54 Å². The Bertz CT molecular complexity index is 1210. The number of H-pyrrole nitrogens is 1. The van der Waals surface area contributed by atoms with Crippen molar-refractivity contribution in [1.82, 2.24) is 14.9 Å². The molecule has 1 N–H and O–H groups in total. The zero-order chi connectivity index (χ0) is 19.1. The maximum absolute atomic E-state index is 12.8. The largest absolute Gasteiger partial charge is 0.309 e. The van der Waals surface area contributed by atoms with Crippen molar-refractivity contribution in [1.29, 1.82) is 0 Å². The lowest BCUT2D eigenvalue weighted by Crippen LogP contribution is -2.31. The molecular weight excluding hydrogens is 390 g/mol. The molecule has 1 aliphatic heterocycles. The van der Waals surface area contributed by atoms with E-state index in [1.54, 1.807) is 0 Å². The third-order valence-corrected chi connectivity index (χ3v) is 6.36. The first-order valence-electron chi connectivity index (χ1n) is 9.23. The fourth-order valence-corrected chi connectivity index (χ4v) is 4.90. The number of thiophene rings is 1. The van der Waals surface area contributed by atoms with Gasteiger partial charge in [0.1, 0.15) is 10.7 Å². The van der Waals surface area contributed by atoms with Gasteiger partial charge in [0.2, 0.25) is 0 Å². The zero-order valence-corrected chi connectivity index (χ0v) is 16.7. The monoisotopic (exact) mass is 407 g/mol. The molecular formula is C22H18ClN3OS. The predicted molar refractivity (Wildman–Crippen MR) is 115 cm³/mol. The summed E-state index contributed by atoms with van der Waals surface area (Å²) in [5.74, 6) is 0.724. The first-order chi connectivity index (χ1) is 13.7. The lowest BCUT2D eigenvalue weighted by atomic mass is 10.00. The molecule has 140 valence electrons. The molecule has 0 radical (unpaired) electrons. The molecule has 0 amide bonds. The van der Waals surface area contributed by atoms with Gasteiger partial charge in [0.25, 0.3) is 5.56 Å². The quantitative estimate of drug-likeness (QED) is 0.527. The van der Waals surface area contributed by atoms with Crippen LogP contribution in [0.1, 0.15) is 17.0 Å². The Hall–Kier alpha value is -2.47. The van der Waals surface area contributed by atoms with E-state index in [1.807, 2.05) is 29.6 Å². The second kappa shape index (κ2) is 7.17. The molecule has 1 aliphatic rings. The molecule has 6 heteroatoms. The summed E-state index contributed by atoms with van der Waals surface area (Å²) in [5, 5.41) is 3.33. The normalized spacial score (nSPS) is 14.3. The van der Waals surface area contributed by atoms with Gasteiger partial charge in [0, 0.05) is 29.1 Å². The molecule has 0 unspecified atom stereocenters. The van der Waals surface area contributed by atoms with Crippen molar-refractivity contribution in [3.05, 3.63) is 86.2 Å². The van der Waals surface area contributed by atoms with Crippen LogP contribution in [0.4, 0.5) is 0 Å². The van der Waals surface area contributed by atoms with Crippen molar-refractivity contribution in [2.24, 2.45) is 0 Å². The van der Waals surface area contributed by atoms with E-state index in [2.05, 4.69) is 34.1 Å². The third-order valence-electron chi connectivity index (χ3n) is 5.23. The highest BCUT2D eigenvalue weighted by Gasteiger charge is 2.18. The summed E-state index contributed by atoms with van der Waals surface area (Å²) < 4.78 is 0. The van der Waals surface area contributed by atoms with E-state index >= 15 is 0 Å². The van der Waals surface area contributed by atoms with Crippen LogP contribution in [-0.4, -0.2) is 21.4 Å². The first-order valence-corrected chi connectivity index (χ1v) is 10.5. The summed E-state index contributed by atoms with van der Waals surface area (Å²) in [4.78, 5) is 23.7. The minimum absolute atomic E-state index is 0.0800. The van der Waals surface area contributed by atoms with Gasteiger partial charge in [-0.05, 0) is 35.2 Å². The molecule has 0 bridgehead atoms. The smallest absolute Gasteiger partial charge is 0.260 e. The van der Waals surface area contributed by atoms with E-state index in [1.165, 1.54) is 22.5 Å². The maximum atomic E-state index is 12.8. The number of rotatable bonds is 3. The Morgan fingerprint density at radius 2 is 1.89 bits per heavy atom. The van der Waals surface area contributed by atoms with Crippen LogP contribution >= 0.6 is 22.9 Å². The summed E-state index contributed by atoms with van der Waals surface area (Å²) in [7, 11) is 0. The number of hydrogen-bond acceptors (Lipinski definition) is 4. The van der Waals surface area contributed by atoms with Crippen LogP contribution in [0.2, 0.25) is 5.02 Å². The second-order valence-electron chi connectivity index (χ2n) is 7.08. The van der Waals surface area contributed by atoms with Crippen molar-refractivity contribution in [2.45, 2.75) is 19.5 Å². The summed E-state index contributed by atoms with van der Waals surface area (Å²) in [5.41, 5.74) is 4.58. The highest BCUT2D eigenvalue weighted by Crippen LogP contribution is 2.31. The van der Waals surface area contributed by atoms with Crippen molar-refractivity contribution in [3.63, 3.8) is 0 Å². The van der Waals surface area contributed by atoms with Crippen LogP contribution in [0.15, 0.2) is 58.7 Å². The first kappa shape index (κ1) is 17.6. The number of aromatic nitrogens is 2. The SMILES string of the molecule is O=c1[nH]c(CN2CCc3ccccc3C2)nc2scc(-c3ccc(Cl)cc3)c12. The lowest BCUT2D eigenvalue weighted by Gasteiger charge is -2.28. The highest BCUT2D eigenvalue weighted by molar-refractivity contribution is 7.17. The number of fused-ring (bicyclic) bond motifs is 2. The molecule has 0 saturated heterocycles. The molecule has 28 heavy (non-hydrogen) atoms. The molecule has 0 fully saturated rings. The van der Waals surface area contributed by atoms with Crippen LogP contribution in [0, 0.1) is 0 Å². The minimum atomic E-state index is -0.0800. The van der Waals surface area contributed by atoms with E-state index in [-0.39, 0.29) is 5.56 Å². The number of benzene rings is 2. The van der Waals surface area contributed by atoms with Gasteiger partial charge in [0.05, 0.1) is 11.9 Å².